The molecule has 1 aromatic heterocycles. The van der Waals surface area contributed by atoms with Gasteiger partial charge in [0.1, 0.15) is 0 Å². The van der Waals surface area contributed by atoms with Gasteiger partial charge >= 0.3 is 6.03 Å². The SMILES string of the molecule is CCc1ccc([C@@H]2c3cccn3-c3ccccc3CN2C(=O)NCCC(C)C)cc1. The molecule has 3 aromatic rings. The number of fused-ring (bicyclic) bond motifs is 3. The first kappa shape index (κ1) is 20.3. The first-order chi connectivity index (χ1) is 14.6. The van der Waals surface area contributed by atoms with Crippen LogP contribution in [0, 0.1) is 5.92 Å². The number of hydrogen-bond acceptors (Lipinski definition) is 1. The molecule has 1 aliphatic rings. The van der Waals surface area contributed by atoms with Crippen molar-refractivity contribution in [3.63, 3.8) is 0 Å². The Labute approximate surface area is 179 Å². The first-order valence-corrected chi connectivity index (χ1v) is 11.0. The molecule has 0 saturated heterocycles. The van der Waals surface area contributed by atoms with Gasteiger partial charge in [0.25, 0.3) is 0 Å². The molecule has 30 heavy (non-hydrogen) atoms. The second kappa shape index (κ2) is 8.78. The predicted octanol–water partition coefficient (Wildman–Crippen LogP) is 5.70. The van der Waals surface area contributed by atoms with Crippen LogP contribution in [-0.2, 0) is 13.0 Å². The van der Waals surface area contributed by atoms with Crippen molar-refractivity contribution in [3.05, 3.63) is 89.2 Å². The molecule has 2 aromatic carbocycles. The molecule has 2 amide bonds. The standard InChI is InChI=1S/C26H31N3O/c1-4-20-11-13-21(14-12-20)25-24-10-7-17-28(24)23-9-6-5-8-22(23)18-29(25)26(30)27-16-15-19(2)3/h5-14,17,19,25H,4,15-16,18H2,1-3H3,(H,27,30)/t25-/m1/s1. The fourth-order valence-corrected chi connectivity index (χ4v) is 4.20. The number of nitrogens with one attached hydrogen (secondary N) is 1. The molecule has 0 spiro atoms. The Morgan fingerprint density at radius 1 is 1.07 bits per heavy atom. The van der Waals surface area contributed by atoms with Gasteiger partial charge in [-0.1, -0.05) is 63.2 Å². The van der Waals surface area contributed by atoms with E-state index in [1.54, 1.807) is 0 Å². The van der Waals surface area contributed by atoms with Gasteiger partial charge < -0.3 is 14.8 Å². The largest absolute Gasteiger partial charge is 0.338 e. The molecule has 4 heteroatoms. The number of carbonyl (C=O) groups excluding carboxylic acids is 1. The Kier molecular flexibility index (Phi) is 5.93. The minimum Gasteiger partial charge on any atom is -0.338 e. The van der Waals surface area contributed by atoms with Crippen molar-refractivity contribution in [1.82, 2.24) is 14.8 Å². The normalized spacial score (nSPS) is 15.5. The summed E-state index contributed by atoms with van der Waals surface area (Å²) in [5, 5.41) is 3.17. The molecule has 0 unspecified atom stereocenters. The molecule has 4 rings (SSSR count). The van der Waals surface area contributed by atoms with Gasteiger partial charge in [-0.15, -0.1) is 0 Å². The van der Waals surface area contributed by atoms with Crippen LogP contribution in [0.2, 0.25) is 0 Å². The summed E-state index contributed by atoms with van der Waals surface area (Å²) in [6.45, 7) is 7.79. The van der Waals surface area contributed by atoms with Gasteiger partial charge in [0, 0.05) is 18.4 Å². The molecule has 1 aliphatic heterocycles. The number of amides is 2. The number of carbonyl (C=O) groups is 1. The maximum Gasteiger partial charge on any atom is 0.318 e. The van der Waals surface area contributed by atoms with E-state index in [2.05, 4.69) is 91.4 Å². The molecule has 0 fully saturated rings. The quantitative estimate of drug-likeness (QED) is 0.585. The second-order valence-corrected chi connectivity index (χ2v) is 8.47. The monoisotopic (exact) mass is 401 g/mol. The van der Waals surface area contributed by atoms with E-state index in [1.165, 1.54) is 5.56 Å². The topological polar surface area (TPSA) is 37.3 Å². The van der Waals surface area contributed by atoms with Gasteiger partial charge in [-0.25, -0.2) is 4.79 Å². The Morgan fingerprint density at radius 2 is 1.83 bits per heavy atom. The third kappa shape index (κ3) is 4.00. The molecule has 4 nitrogen and oxygen atoms in total. The zero-order chi connectivity index (χ0) is 21.1. The molecule has 0 saturated carbocycles. The van der Waals surface area contributed by atoms with Gasteiger partial charge in [-0.05, 0) is 53.6 Å². The van der Waals surface area contributed by atoms with Crippen LogP contribution in [-0.4, -0.2) is 22.0 Å². The summed E-state index contributed by atoms with van der Waals surface area (Å²) in [6.07, 6.45) is 4.08. The van der Waals surface area contributed by atoms with Crippen LogP contribution in [0.3, 0.4) is 0 Å². The Bertz CT molecular complexity index is 1000. The lowest BCUT2D eigenvalue weighted by Gasteiger charge is -2.31. The summed E-state index contributed by atoms with van der Waals surface area (Å²) in [4.78, 5) is 15.4. The maximum absolute atomic E-state index is 13.4. The molecule has 0 bridgehead atoms. The van der Waals surface area contributed by atoms with Crippen LogP contribution in [0.25, 0.3) is 5.69 Å². The van der Waals surface area contributed by atoms with Crippen molar-refractivity contribution in [2.24, 2.45) is 5.92 Å². The summed E-state index contributed by atoms with van der Waals surface area (Å²) in [5.74, 6) is 0.560. The van der Waals surface area contributed by atoms with E-state index in [1.807, 2.05) is 11.0 Å². The lowest BCUT2D eigenvalue weighted by Crippen LogP contribution is -2.42. The highest BCUT2D eigenvalue weighted by Crippen LogP contribution is 2.36. The van der Waals surface area contributed by atoms with E-state index in [0.717, 1.165) is 35.3 Å². The number of benzene rings is 2. The molecule has 1 atom stereocenters. The average Bonchev–Trinajstić information content (AvgIpc) is 3.18. The summed E-state index contributed by atoms with van der Waals surface area (Å²) < 4.78 is 2.23. The predicted molar refractivity (Wildman–Crippen MR) is 122 cm³/mol. The number of para-hydroxylation sites is 1. The number of aryl methyl sites for hydroxylation is 1. The Morgan fingerprint density at radius 3 is 2.57 bits per heavy atom. The molecule has 0 radical (unpaired) electrons. The van der Waals surface area contributed by atoms with Crippen molar-refractivity contribution in [1.29, 1.82) is 0 Å². The van der Waals surface area contributed by atoms with Crippen LogP contribution in [0.5, 0.6) is 0 Å². The number of rotatable bonds is 5. The number of aromatic nitrogens is 1. The van der Waals surface area contributed by atoms with Gasteiger partial charge in [-0.3, -0.25) is 0 Å². The highest BCUT2D eigenvalue weighted by atomic mass is 16.2. The fraction of sp³-hybridized carbons (Fsp3) is 0.346. The van der Waals surface area contributed by atoms with E-state index in [9.17, 15) is 4.79 Å². The van der Waals surface area contributed by atoms with Gasteiger partial charge in [0.15, 0.2) is 0 Å². The maximum atomic E-state index is 13.4. The van der Waals surface area contributed by atoms with Crippen LogP contribution in [0.15, 0.2) is 66.9 Å². The zero-order valence-electron chi connectivity index (χ0n) is 18.1. The van der Waals surface area contributed by atoms with E-state index >= 15 is 0 Å². The molecular weight excluding hydrogens is 370 g/mol. The Hall–Kier alpha value is -3.01. The Balaban J connectivity index is 1.77. The van der Waals surface area contributed by atoms with Crippen molar-refractivity contribution < 1.29 is 4.79 Å². The average molecular weight is 402 g/mol. The van der Waals surface area contributed by atoms with E-state index in [0.29, 0.717) is 19.0 Å². The smallest absolute Gasteiger partial charge is 0.318 e. The zero-order valence-corrected chi connectivity index (χ0v) is 18.1. The summed E-state index contributed by atoms with van der Waals surface area (Å²) in [7, 11) is 0. The van der Waals surface area contributed by atoms with Crippen LogP contribution >= 0.6 is 0 Å². The molecular formula is C26H31N3O. The highest BCUT2D eigenvalue weighted by Gasteiger charge is 2.32. The number of nitrogens with zero attached hydrogens (tertiary/aromatic N) is 2. The van der Waals surface area contributed by atoms with E-state index in [-0.39, 0.29) is 12.1 Å². The summed E-state index contributed by atoms with van der Waals surface area (Å²) >= 11 is 0. The molecule has 1 N–H and O–H groups in total. The third-order valence-corrected chi connectivity index (χ3v) is 5.93. The summed E-state index contributed by atoms with van der Waals surface area (Å²) in [5.41, 5.74) is 5.85. The third-order valence-electron chi connectivity index (χ3n) is 5.93. The van der Waals surface area contributed by atoms with Crippen LogP contribution < -0.4 is 5.32 Å². The first-order valence-electron chi connectivity index (χ1n) is 11.0. The molecule has 156 valence electrons. The van der Waals surface area contributed by atoms with E-state index < -0.39 is 0 Å². The second-order valence-electron chi connectivity index (χ2n) is 8.47. The van der Waals surface area contributed by atoms with Crippen LogP contribution in [0.4, 0.5) is 4.79 Å². The molecule has 2 heterocycles. The highest BCUT2D eigenvalue weighted by molar-refractivity contribution is 5.76. The van der Waals surface area contributed by atoms with Crippen molar-refractivity contribution in [3.8, 4) is 5.69 Å². The van der Waals surface area contributed by atoms with Crippen molar-refractivity contribution >= 4 is 6.03 Å². The van der Waals surface area contributed by atoms with Crippen LogP contribution in [0.1, 0.15) is 55.6 Å². The van der Waals surface area contributed by atoms with Gasteiger partial charge in [0.05, 0.1) is 18.3 Å². The van der Waals surface area contributed by atoms with E-state index in [4.69, 9.17) is 0 Å². The van der Waals surface area contributed by atoms with Crippen molar-refractivity contribution in [2.75, 3.05) is 6.54 Å². The lowest BCUT2D eigenvalue weighted by molar-refractivity contribution is 0.180. The molecule has 0 aliphatic carbocycles. The van der Waals surface area contributed by atoms with Gasteiger partial charge in [0.2, 0.25) is 0 Å². The summed E-state index contributed by atoms with van der Waals surface area (Å²) in [6, 6.07) is 21.1. The number of urea groups is 1. The number of hydrogen-bond donors (Lipinski definition) is 1. The lowest BCUT2D eigenvalue weighted by atomic mass is 10.00. The van der Waals surface area contributed by atoms with Gasteiger partial charge in [-0.2, -0.15) is 0 Å². The van der Waals surface area contributed by atoms with Crippen molar-refractivity contribution in [2.45, 2.75) is 46.2 Å². The minimum atomic E-state index is -0.141. The minimum absolute atomic E-state index is 0.00956. The fourth-order valence-electron chi connectivity index (χ4n) is 4.20.